The molecule has 4 rings (SSSR count). The van der Waals surface area contributed by atoms with Crippen molar-refractivity contribution in [1.82, 2.24) is 15.6 Å². The summed E-state index contributed by atoms with van der Waals surface area (Å²) < 4.78 is 0. The molecular formula is C25H28N4O. The van der Waals surface area contributed by atoms with Crippen molar-refractivity contribution in [2.24, 2.45) is 0 Å². The quantitative estimate of drug-likeness (QED) is 0.628. The first-order chi connectivity index (χ1) is 14.7. The maximum absolute atomic E-state index is 12.2. The van der Waals surface area contributed by atoms with E-state index in [1.165, 1.54) is 16.8 Å². The first kappa shape index (κ1) is 20.0. The zero-order chi connectivity index (χ0) is 20.8. The predicted octanol–water partition coefficient (Wildman–Crippen LogP) is 4.07. The summed E-state index contributed by atoms with van der Waals surface area (Å²) in [6.45, 7) is 4.50. The fraction of sp³-hybridized carbons (Fsp3) is 0.280. The van der Waals surface area contributed by atoms with Crippen LogP contribution in [-0.2, 0) is 25.9 Å². The van der Waals surface area contributed by atoms with Crippen LogP contribution in [0.15, 0.2) is 73.1 Å². The van der Waals surface area contributed by atoms with Crippen LogP contribution in [0.1, 0.15) is 29.2 Å². The van der Waals surface area contributed by atoms with Crippen molar-refractivity contribution in [3.05, 3.63) is 95.3 Å². The molecule has 0 saturated heterocycles. The molecule has 2 N–H and O–H groups in total. The van der Waals surface area contributed by atoms with E-state index in [0.29, 0.717) is 6.54 Å². The third-order valence-electron chi connectivity index (χ3n) is 5.50. The molecule has 1 aliphatic rings. The van der Waals surface area contributed by atoms with Crippen LogP contribution in [0.3, 0.4) is 0 Å². The number of hydrogen-bond acceptors (Lipinski definition) is 3. The number of para-hydroxylation sites is 1. The van der Waals surface area contributed by atoms with E-state index >= 15 is 0 Å². The van der Waals surface area contributed by atoms with Crippen LogP contribution in [0.2, 0.25) is 0 Å². The minimum atomic E-state index is -0.144. The number of carbonyl (C=O) groups excluding carboxylic acids is 1. The molecule has 2 amide bonds. The Morgan fingerprint density at radius 2 is 1.73 bits per heavy atom. The molecule has 0 aliphatic carbocycles. The predicted molar refractivity (Wildman–Crippen MR) is 120 cm³/mol. The zero-order valence-corrected chi connectivity index (χ0v) is 17.3. The molecule has 1 aromatic heterocycles. The standard InChI is InChI=1S/C25H28N4O/c1-19(16-20-10-13-26-14-11-20)28-25(30)27-17-21-6-8-22(9-7-21)18-29-15-12-23-4-2-3-5-24(23)29/h2-11,13-14,19H,12,15-18H2,1H3,(H2,27,28,30). The second-order valence-electron chi connectivity index (χ2n) is 7.90. The molecule has 1 aliphatic heterocycles. The molecule has 1 atom stereocenters. The Morgan fingerprint density at radius 1 is 1.00 bits per heavy atom. The Balaban J connectivity index is 1.23. The Kier molecular flexibility index (Phi) is 6.28. The third-order valence-corrected chi connectivity index (χ3v) is 5.50. The highest BCUT2D eigenvalue weighted by atomic mass is 16.2. The number of aromatic nitrogens is 1. The van der Waals surface area contributed by atoms with E-state index in [4.69, 9.17) is 0 Å². The molecule has 1 unspecified atom stereocenters. The monoisotopic (exact) mass is 400 g/mol. The number of carbonyl (C=O) groups is 1. The van der Waals surface area contributed by atoms with E-state index in [0.717, 1.165) is 37.1 Å². The van der Waals surface area contributed by atoms with E-state index in [2.05, 4.69) is 69.0 Å². The highest BCUT2D eigenvalue weighted by molar-refractivity contribution is 5.74. The molecule has 5 nitrogen and oxygen atoms in total. The van der Waals surface area contributed by atoms with Crippen LogP contribution in [0.25, 0.3) is 0 Å². The molecule has 30 heavy (non-hydrogen) atoms. The molecule has 2 aromatic carbocycles. The molecule has 0 spiro atoms. The summed E-state index contributed by atoms with van der Waals surface area (Å²) in [5, 5.41) is 5.94. The number of pyridine rings is 1. The van der Waals surface area contributed by atoms with Crippen LogP contribution >= 0.6 is 0 Å². The Hall–Kier alpha value is -3.34. The van der Waals surface area contributed by atoms with Gasteiger partial charge in [0, 0.05) is 43.8 Å². The van der Waals surface area contributed by atoms with E-state index in [1.54, 1.807) is 12.4 Å². The van der Waals surface area contributed by atoms with Crippen LogP contribution in [0.5, 0.6) is 0 Å². The van der Waals surface area contributed by atoms with Crippen LogP contribution in [0.4, 0.5) is 10.5 Å². The average Bonchev–Trinajstić information content (AvgIpc) is 3.17. The summed E-state index contributed by atoms with van der Waals surface area (Å²) in [5.74, 6) is 0. The first-order valence-electron chi connectivity index (χ1n) is 10.5. The fourth-order valence-electron chi connectivity index (χ4n) is 3.93. The number of rotatable bonds is 7. The van der Waals surface area contributed by atoms with Gasteiger partial charge in [-0.05, 0) is 60.2 Å². The van der Waals surface area contributed by atoms with Crippen molar-refractivity contribution in [2.75, 3.05) is 11.4 Å². The summed E-state index contributed by atoms with van der Waals surface area (Å²) >= 11 is 0. The molecule has 3 aromatic rings. The summed E-state index contributed by atoms with van der Waals surface area (Å²) in [4.78, 5) is 18.6. The van der Waals surface area contributed by atoms with Crippen LogP contribution in [0, 0.1) is 0 Å². The second-order valence-corrected chi connectivity index (χ2v) is 7.90. The molecule has 2 heterocycles. The van der Waals surface area contributed by atoms with Gasteiger partial charge in [-0.15, -0.1) is 0 Å². The van der Waals surface area contributed by atoms with Gasteiger partial charge < -0.3 is 15.5 Å². The Labute approximate surface area is 178 Å². The van der Waals surface area contributed by atoms with Gasteiger partial charge in [0.15, 0.2) is 0 Å². The lowest BCUT2D eigenvalue weighted by Gasteiger charge is -2.19. The summed E-state index contributed by atoms with van der Waals surface area (Å²) in [6.07, 6.45) is 5.44. The number of urea groups is 1. The van der Waals surface area contributed by atoms with Gasteiger partial charge in [0.2, 0.25) is 0 Å². The SMILES string of the molecule is CC(Cc1ccncc1)NC(=O)NCc1ccc(CN2CCc3ccccc32)cc1. The summed E-state index contributed by atoms with van der Waals surface area (Å²) in [6, 6.07) is 21.0. The lowest BCUT2D eigenvalue weighted by molar-refractivity contribution is 0.237. The molecule has 0 bridgehead atoms. The number of nitrogens with zero attached hydrogens (tertiary/aromatic N) is 2. The van der Waals surface area contributed by atoms with Gasteiger partial charge in [0.1, 0.15) is 0 Å². The minimum Gasteiger partial charge on any atom is -0.367 e. The van der Waals surface area contributed by atoms with E-state index in [9.17, 15) is 4.79 Å². The van der Waals surface area contributed by atoms with Gasteiger partial charge in [-0.1, -0.05) is 42.5 Å². The van der Waals surface area contributed by atoms with Gasteiger partial charge in [0.05, 0.1) is 0 Å². The molecular weight excluding hydrogens is 372 g/mol. The molecule has 0 fully saturated rings. The normalized spacial score (nSPS) is 13.6. The largest absolute Gasteiger partial charge is 0.367 e. The van der Waals surface area contributed by atoms with Gasteiger partial charge in [-0.2, -0.15) is 0 Å². The first-order valence-corrected chi connectivity index (χ1v) is 10.5. The molecule has 0 saturated carbocycles. The lowest BCUT2D eigenvalue weighted by Crippen LogP contribution is -2.41. The summed E-state index contributed by atoms with van der Waals surface area (Å²) in [5.41, 5.74) is 6.32. The van der Waals surface area contributed by atoms with E-state index in [-0.39, 0.29) is 12.1 Å². The highest BCUT2D eigenvalue weighted by Crippen LogP contribution is 2.28. The van der Waals surface area contributed by atoms with Crippen molar-refractivity contribution in [3.63, 3.8) is 0 Å². The van der Waals surface area contributed by atoms with Crippen molar-refractivity contribution in [1.29, 1.82) is 0 Å². The molecule has 154 valence electrons. The van der Waals surface area contributed by atoms with E-state index in [1.807, 2.05) is 19.1 Å². The number of fused-ring (bicyclic) bond motifs is 1. The Bertz CT molecular complexity index is 972. The molecule has 5 heteroatoms. The molecule has 0 radical (unpaired) electrons. The number of nitrogens with one attached hydrogen (secondary N) is 2. The maximum atomic E-state index is 12.2. The third kappa shape index (κ3) is 5.17. The van der Waals surface area contributed by atoms with E-state index < -0.39 is 0 Å². The fourth-order valence-corrected chi connectivity index (χ4v) is 3.93. The van der Waals surface area contributed by atoms with Crippen LogP contribution in [-0.4, -0.2) is 23.6 Å². The van der Waals surface area contributed by atoms with Crippen molar-refractivity contribution in [3.8, 4) is 0 Å². The van der Waals surface area contributed by atoms with Gasteiger partial charge in [-0.25, -0.2) is 4.79 Å². The highest BCUT2D eigenvalue weighted by Gasteiger charge is 2.18. The average molecular weight is 401 g/mol. The summed E-state index contributed by atoms with van der Waals surface area (Å²) in [7, 11) is 0. The minimum absolute atomic E-state index is 0.0538. The van der Waals surface area contributed by atoms with Crippen molar-refractivity contribution < 1.29 is 4.79 Å². The number of anilines is 1. The topological polar surface area (TPSA) is 57.3 Å². The van der Waals surface area contributed by atoms with Crippen molar-refractivity contribution in [2.45, 2.75) is 38.9 Å². The number of hydrogen-bond donors (Lipinski definition) is 2. The van der Waals surface area contributed by atoms with Gasteiger partial charge in [-0.3, -0.25) is 4.98 Å². The Morgan fingerprint density at radius 3 is 2.53 bits per heavy atom. The van der Waals surface area contributed by atoms with Gasteiger partial charge >= 0.3 is 6.03 Å². The smallest absolute Gasteiger partial charge is 0.315 e. The van der Waals surface area contributed by atoms with Crippen molar-refractivity contribution >= 4 is 11.7 Å². The maximum Gasteiger partial charge on any atom is 0.315 e. The lowest BCUT2D eigenvalue weighted by atomic mass is 10.1. The van der Waals surface area contributed by atoms with Crippen LogP contribution < -0.4 is 15.5 Å². The second kappa shape index (κ2) is 9.44. The zero-order valence-electron chi connectivity index (χ0n) is 17.3. The van der Waals surface area contributed by atoms with Gasteiger partial charge in [0.25, 0.3) is 0 Å². The number of amides is 2. The number of benzene rings is 2.